The maximum Gasteiger partial charge on any atom is 0.326 e. The van der Waals surface area contributed by atoms with Crippen molar-refractivity contribution in [2.75, 3.05) is 26.2 Å². The fourth-order valence-corrected chi connectivity index (χ4v) is 7.51. The number of nitrogens with zero attached hydrogens (tertiary/aromatic N) is 1. The lowest BCUT2D eigenvalue weighted by molar-refractivity contribution is -0.144. The van der Waals surface area contributed by atoms with Crippen molar-refractivity contribution >= 4 is 77.0 Å². The monoisotopic (exact) mass is 1160 g/mol. The standard InChI is InChI=1S/C49H89N15O17/c1-22(2)17-30(58-39(71)25(7)51)44(76)63-38(27(9)67)47(79)64-37(26(8)66)46(78)60-32(19-35(69)70)42(74)57-28(14-12-16-54-49(52)53)40(72)55-20-34(68)56-29(13-10-11-15-50)41(73)61-33(21-65)45(77)59-31(18-23(3)4)43(75)62-36(24(5)6)48(80)81/h22-33,36-38,65-67H,10-21,50-51H2,1-9H3,(H,55,72)(H,56,68)(H,57,74)(H,58,71)(H,59,77)(H,60,78)(H,61,73)(H,62,75)(H,63,76)(H,64,79)(H,69,70)(H,80,81)(H4,52,53,54)/t25-,26+,27+,28-,29-,30-,31-,32-,33-,36-,37-,38-/m0/s1. The highest BCUT2D eigenvalue weighted by Gasteiger charge is 2.38. The minimum atomic E-state index is -2.02. The summed E-state index contributed by atoms with van der Waals surface area (Å²) in [6.45, 7) is 11.9. The van der Waals surface area contributed by atoms with Crippen molar-refractivity contribution in [1.29, 1.82) is 0 Å². The number of rotatable bonds is 39. The number of hydrogen-bond acceptors (Lipinski definition) is 18. The number of aliphatic imine (C=N–C) groups is 1. The highest BCUT2D eigenvalue weighted by Crippen LogP contribution is 2.11. The molecule has 0 aromatic rings. The smallest absolute Gasteiger partial charge is 0.326 e. The molecule has 462 valence electrons. The van der Waals surface area contributed by atoms with Gasteiger partial charge in [-0.2, -0.15) is 0 Å². The van der Waals surface area contributed by atoms with Crippen LogP contribution in [0.4, 0.5) is 0 Å². The lowest BCUT2D eigenvalue weighted by atomic mass is 10.00. The molecule has 0 radical (unpaired) electrons. The number of nitrogens with one attached hydrogen (secondary N) is 10. The summed E-state index contributed by atoms with van der Waals surface area (Å²) in [7, 11) is 0. The number of carbonyl (C=O) groups is 12. The van der Waals surface area contributed by atoms with E-state index in [0.29, 0.717) is 6.42 Å². The van der Waals surface area contributed by atoms with Crippen molar-refractivity contribution < 1.29 is 83.1 Å². The van der Waals surface area contributed by atoms with E-state index in [1.165, 1.54) is 6.92 Å². The number of aliphatic hydroxyl groups excluding tert-OH is 3. The molecule has 0 aliphatic rings. The van der Waals surface area contributed by atoms with Crippen LogP contribution in [-0.4, -0.2) is 201 Å². The normalized spacial score (nSPS) is 15.7. The average molecular weight is 1160 g/mol. The molecule has 0 bridgehead atoms. The number of carboxylic acids is 2. The van der Waals surface area contributed by atoms with Gasteiger partial charge in [-0.15, -0.1) is 0 Å². The van der Waals surface area contributed by atoms with Crippen LogP contribution >= 0.6 is 0 Å². The van der Waals surface area contributed by atoms with Gasteiger partial charge in [0.25, 0.3) is 0 Å². The second-order valence-electron chi connectivity index (χ2n) is 20.7. The molecular formula is C49H89N15O17. The zero-order valence-corrected chi connectivity index (χ0v) is 47.5. The van der Waals surface area contributed by atoms with E-state index in [2.05, 4.69) is 58.2 Å². The number of guanidine groups is 1. The van der Waals surface area contributed by atoms with Gasteiger partial charge in [-0.25, -0.2) is 4.79 Å². The first-order valence-electron chi connectivity index (χ1n) is 26.6. The molecule has 0 spiro atoms. The van der Waals surface area contributed by atoms with Crippen LogP contribution in [0.1, 0.15) is 114 Å². The quantitative estimate of drug-likeness (QED) is 0.0154. The lowest BCUT2D eigenvalue weighted by Crippen LogP contribution is -2.63. The first kappa shape index (κ1) is 73.7. The van der Waals surface area contributed by atoms with Crippen LogP contribution in [0.3, 0.4) is 0 Å². The molecule has 10 amide bonds. The van der Waals surface area contributed by atoms with E-state index < -0.39 is 169 Å². The highest BCUT2D eigenvalue weighted by molar-refractivity contribution is 5.99. The summed E-state index contributed by atoms with van der Waals surface area (Å²) in [6, 6.07) is -15.3. The number of hydrogen-bond donors (Lipinski definition) is 19. The number of carboxylic acid groups (broad SMARTS) is 2. The third kappa shape index (κ3) is 29.1. The van der Waals surface area contributed by atoms with E-state index in [4.69, 9.17) is 22.9 Å². The van der Waals surface area contributed by atoms with Gasteiger partial charge in [0.05, 0.1) is 37.8 Å². The van der Waals surface area contributed by atoms with E-state index in [9.17, 15) is 83.1 Å². The topological polar surface area (TPSA) is 543 Å². The molecule has 0 aromatic heterocycles. The maximum absolute atomic E-state index is 13.8. The summed E-state index contributed by atoms with van der Waals surface area (Å²) in [5.41, 5.74) is 22.1. The van der Waals surface area contributed by atoms with Crippen LogP contribution in [-0.2, 0) is 57.5 Å². The van der Waals surface area contributed by atoms with Crippen LogP contribution < -0.4 is 76.1 Å². The van der Waals surface area contributed by atoms with Crippen molar-refractivity contribution in [2.45, 2.75) is 186 Å². The Hall–Kier alpha value is -7.29. The molecule has 32 nitrogen and oxygen atoms in total. The Balaban J connectivity index is 6.51. The van der Waals surface area contributed by atoms with Crippen molar-refractivity contribution in [2.24, 2.45) is 45.7 Å². The molecule has 81 heavy (non-hydrogen) atoms. The maximum atomic E-state index is 13.8. The van der Waals surface area contributed by atoms with Gasteiger partial charge in [0.2, 0.25) is 59.1 Å². The molecule has 0 saturated heterocycles. The summed E-state index contributed by atoms with van der Waals surface area (Å²) >= 11 is 0. The summed E-state index contributed by atoms with van der Waals surface area (Å²) in [4.78, 5) is 162. The second kappa shape index (κ2) is 37.6. The molecule has 0 aliphatic carbocycles. The predicted molar refractivity (Wildman–Crippen MR) is 291 cm³/mol. The largest absolute Gasteiger partial charge is 0.481 e. The Morgan fingerprint density at radius 3 is 1.33 bits per heavy atom. The van der Waals surface area contributed by atoms with Gasteiger partial charge < -0.3 is 102 Å². The number of unbranched alkanes of at least 4 members (excludes halogenated alkanes) is 1. The molecule has 0 rings (SSSR count). The van der Waals surface area contributed by atoms with E-state index in [-0.39, 0.29) is 69.4 Å². The molecule has 0 saturated carbocycles. The van der Waals surface area contributed by atoms with Gasteiger partial charge in [-0.3, -0.25) is 57.7 Å². The van der Waals surface area contributed by atoms with E-state index in [1.54, 1.807) is 41.5 Å². The molecule has 12 atom stereocenters. The number of amides is 10. The first-order chi connectivity index (χ1) is 37.7. The Bertz CT molecular complexity index is 2160. The number of carbonyl (C=O) groups excluding carboxylic acids is 10. The summed E-state index contributed by atoms with van der Waals surface area (Å²) < 4.78 is 0. The lowest BCUT2D eigenvalue weighted by Gasteiger charge is -2.29. The zero-order valence-electron chi connectivity index (χ0n) is 47.5. The van der Waals surface area contributed by atoms with Gasteiger partial charge in [-0.05, 0) is 90.0 Å². The molecule has 0 heterocycles. The molecule has 0 fully saturated rings. The third-order valence-corrected chi connectivity index (χ3v) is 11.9. The van der Waals surface area contributed by atoms with Crippen LogP contribution in [0.25, 0.3) is 0 Å². The third-order valence-electron chi connectivity index (χ3n) is 11.9. The SMILES string of the molecule is CC(C)C[C@H](NC(=O)[C@H](C)N)C(=O)N[C@H](C(=O)N[C@H](C(=O)N[C@@H](CC(=O)O)C(=O)N[C@@H](CCCN=C(N)N)C(=O)NCC(=O)N[C@@H](CCCCN)C(=O)N[C@@H](CO)C(=O)N[C@@H](CC(C)C)C(=O)N[C@H](C(=O)O)C(C)C)[C@@H](C)O)[C@@H](C)O. The molecule has 23 N–H and O–H groups in total. The summed E-state index contributed by atoms with van der Waals surface area (Å²) in [5.74, 6) is -14.5. The van der Waals surface area contributed by atoms with Crippen molar-refractivity contribution in [1.82, 2.24) is 53.2 Å². The van der Waals surface area contributed by atoms with Gasteiger partial charge in [0.15, 0.2) is 5.96 Å². The van der Waals surface area contributed by atoms with Gasteiger partial charge in [0.1, 0.15) is 54.4 Å². The highest BCUT2D eigenvalue weighted by atomic mass is 16.4. The Morgan fingerprint density at radius 2 is 0.889 bits per heavy atom. The minimum absolute atomic E-state index is 0.0149. The van der Waals surface area contributed by atoms with E-state index in [1.807, 2.05) is 0 Å². The van der Waals surface area contributed by atoms with Gasteiger partial charge in [-0.1, -0.05) is 41.5 Å². The first-order valence-corrected chi connectivity index (χ1v) is 26.6. The average Bonchev–Trinajstić information content (AvgIpc) is 3.35. The van der Waals surface area contributed by atoms with Gasteiger partial charge in [0, 0.05) is 6.54 Å². The molecular weight excluding hydrogens is 1070 g/mol. The summed E-state index contributed by atoms with van der Waals surface area (Å²) in [5, 5.41) is 73.9. The molecule has 32 heteroatoms. The number of aliphatic carboxylic acids is 2. The van der Waals surface area contributed by atoms with Crippen LogP contribution in [0.15, 0.2) is 4.99 Å². The van der Waals surface area contributed by atoms with Crippen LogP contribution in [0.5, 0.6) is 0 Å². The second-order valence-corrected chi connectivity index (χ2v) is 20.7. The molecule has 0 aromatic carbocycles. The summed E-state index contributed by atoms with van der Waals surface area (Å²) in [6.07, 6.45) is -4.15. The molecule has 0 unspecified atom stereocenters. The van der Waals surface area contributed by atoms with Crippen molar-refractivity contribution in [3.8, 4) is 0 Å². The van der Waals surface area contributed by atoms with E-state index in [0.717, 1.165) is 13.8 Å². The number of nitrogens with two attached hydrogens (primary N) is 4. The fraction of sp³-hybridized carbons (Fsp3) is 0.735. The Kier molecular flexibility index (Phi) is 34.2. The van der Waals surface area contributed by atoms with Crippen LogP contribution in [0.2, 0.25) is 0 Å². The minimum Gasteiger partial charge on any atom is -0.481 e. The van der Waals surface area contributed by atoms with E-state index >= 15 is 0 Å². The number of aliphatic hydroxyl groups is 3. The molecule has 0 aliphatic heterocycles. The zero-order chi connectivity index (χ0) is 62.4. The Labute approximate surface area is 470 Å². The van der Waals surface area contributed by atoms with Crippen molar-refractivity contribution in [3.63, 3.8) is 0 Å². The fourth-order valence-electron chi connectivity index (χ4n) is 7.51. The van der Waals surface area contributed by atoms with Crippen LogP contribution in [0, 0.1) is 17.8 Å². The van der Waals surface area contributed by atoms with Crippen molar-refractivity contribution in [3.05, 3.63) is 0 Å². The Morgan fingerprint density at radius 1 is 0.481 bits per heavy atom. The predicted octanol–water partition coefficient (Wildman–Crippen LogP) is -6.94. The van der Waals surface area contributed by atoms with Gasteiger partial charge >= 0.3 is 11.9 Å².